The molecule has 0 bridgehead atoms. The molecule has 0 aliphatic carbocycles. The molecule has 0 fully saturated rings. The highest BCUT2D eigenvalue weighted by molar-refractivity contribution is 5.99. The van der Waals surface area contributed by atoms with E-state index in [0.717, 1.165) is 13.0 Å². The molecule has 1 atom stereocenters. The van der Waals surface area contributed by atoms with Gasteiger partial charge in [0.1, 0.15) is 6.33 Å². The monoisotopic (exact) mass is 239 g/mol. The topological polar surface area (TPSA) is 54.9 Å². The second kappa shape index (κ2) is 4.66. The Morgan fingerprint density at radius 1 is 1.17 bits per heavy atom. The average molecular weight is 239 g/mol. The van der Waals surface area contributed by atoms with Gasteiger partial charge < -0.3 is 5.32 Å². The first-order valence-corrected chi connectivity index (χ1v) is 5.94. The zero-order chi connectivity index (χ0) is 12.4. The molecule has 1 aromatic heterocycles. The highest BCUT2D eigenvalue weighted by atomic mass is 16.1. The lowest BCUT2D eigenvalue weighted by molar-refractivity contribution is 0.0937. The summed E-state index contributed by atoms with van der Waals surface area (Å²) in [4.78, 5) is 20.0. The lowest BCUT2D eigenvalue weighted by atomic mass is 9.92. The Morgan fingerprint density at radius 2 is 1.89 bits per heavy atom. The third kappa shape index (κ3) is 2.02. The maximum atomic E-state index is 12.3. The Balaban J connectivity index is 1.82. The SMILES string of the molecule is O=C(c1cncnc1)C1Cc2ccccc2CN1. The number of rotatable bonds is 2. The Hall–Kier alpha value is -2.07. The first-order chi connectivity index (χ1) is 8.84. The molecular formula is C14H13N3O. The van der Waals surface area contributed by atoms with Gasteiger partial charge in [0.25, 0.3) is 0 Å². The highest BCUT2D eigenvalue weighted by Crippen LogP contribution is 2.18. The molecule has 4 heteroatoms. The molecule has 1 aliphatic rings. The second-order valence-corrected chi connectivity index (χ2v) is 4.40. The molecule has 3 rings (SSSR count). The number of nitrogens with zero attached hydrogens (tertiary/aromatic N) is 2. The summed E-state index contributed by atoms with van der Waals surface area (Å²) >= 11 is 0. The lowest BCUT2D eigenvalue weighted by Gasteiger charge is -2.24. The van der Waals surface area contributed by atoms with Crippen molar-refractivity contribution in [3.63, 3.8) is 0 Å². The van der Waals surface area contributed by atoms with Crippen LogP contribution in [0.5, 0.6) is 0 Å². The number of carbonyl (C=O) groups is 1. The molecule has 0 amide bonds. The van der Waals surface area contributed by atoms with Gasteiger partial charge in [0.2, 0.25) is 0 Å². The van der Waals surface area contributed by atoms with Crippen molar-refractivity contribution in [3.8, 4) is 0 Å². The normalized spacial score (nSPS) is 18.1. The zero-order valence-electron chi connectivity index (χ0n) is 9.84. The van der Waals surface area contributed by atoms with Crippen LogP contribution in [0.3, 0.4) is 0 Å². The molecule has 0 spiro atoms. The third-order valence-electron chi connectivity index (χ3n) is 3.24. The van der Waals surface area contributed by atoms with Gasteiger partial charge in [-0.3, -0.25) is 4.79 Å². The molecule has 0 saturated carbocycles. The fourth-order valence-corrected chi connectivity index (χ4v) is 2.27. The van der Waals surface area contributed by atoms with Gasteiger partial charge in [-0.05, 0) is 17.5 Å². The molecule has 18 heavy (non-hydrogen) atoms. The smallest absolute Gasteiger partial charge is 0.183 e. The van der Waals surface area contributed by atoms with E-state index in [2.05, 4.69) is 27.4 Å². The predicted octanol–water partition coefficient (Wildman–Crippen LogP) is 1.37. The van der Waals surface area contributed by atoms with Crippen molar-refractivity contribution in [2.45, 2.75) is 19.0 Å². The summed E-state index contributed by atoms with van der Waals surface area (Å²) in [5, 5.41) is 3.27. The minimum Gasteiger partial charge on any atom is -0.303 e. The lowest BCUT2D eigenvalue weighted by Crippen LogP contribution is -2.41. The van der Waals surface area contributed by atoms with E-state index in [0.29, 0.717) is 5.56 Å². The fraction of sp³-hybridized carbons (Fsp3) is 0.214. The van der Waals surface area contributed by atoms with Gasteiger partial charge in [0.15, 0.2) is 5.78 Å². The summed E-state index contributed by atoms with van der Waals surface area (Å²) in [5.74, 6) is 0.0603. The molecule has 2 heterocycles. The zero-order valence-corrected chi connectivity index (χ0v) is 9.84. The number of hydrogen-bond acceptors (Lipinski definition) is 4. The Labute approximate surface area is 105 Å². The summed E-state index contributed by atoms with van der Waals surface area (Å²) < 4.78 is 0. The Morgan fingerprint density at radius 3 is 2.67 bits per heavy atom. The number of Topliss-reactive ketones (excluding diaryl/α,β-unsaturated/α-hetero) is 1. The van der Waals surface area contributed by atoms with Crippen LogP contribution in [-0.4, -0.2) is 21.8 Å². The largest absolute Gasteiger partial charge is 0.303 e. The average Bonchev–Trinajstić information content (AvgIpc) is 2.47. The fourth-order valence-electron chi connectivity index (χ4n) is 2.27. The van der Waals surface area contributed by atoms with Crippen molar-refractivity contribution in [3.05, 3.63) is 59.7 Å². The molecule has 2 aromatic rings. The summed E-state index contributed by atoms with van der Waals surface area (Å²) in [5.41, 5.74) is 3.08. The second-order valence-electron chi connectivity index (χ2n) is 4.40. The summed E-state index contributed by atoms with van der Waals surface area (Å²) in [6.07, 6.45) is 5.29. The Kier molecular flexibility index (Phi) is 2.86. The summed E-state index contributed by atoms with van der Waals surface area (Å²) in [6, 6.07) is 8.03. The van der Waals surface area contributed by atoms with E-state index in [1.165, 1.54) is 17.5 Å². The third-order valence-corrected chi connectivity index (χ3v) is 3.24. The first-order valence-electron chi connectivity index (χ1n) is 5.94. The summed E-state index contributed by atoms with van der Waals surface area (Å²) in [6.45, 7) is 0.736. The quantitative estimate of drug-likeness (QED) is 0.804. The molecule has 4 nitrogen and oxygen atoms in total. The van der Waals surface area contributed by atoms with Crippen molar-refractivity contribution in [2.75, 3.05) is 0 Å². The van der Waals surface area contributed by atoms with Gasteiger partial charge in [-0.15, -0.1) is 0 Å². The number of aromatic nitrogens is 2. The van der Waals surface area contributed by atoms with Crippen LogP contribution in [0, 0.1) is 0 Å². The van der Waals surface area contributed by atoms with Crippen LogP contribution in [0.25, 0.3) is 0 Å². The molecule has 0 radical (unpaired) electrons. The van der Waals surface area contributed by atoms with Gasteiger partial charge in [-0.25, -0.2) is 9.97 Å². The van der Waals surface area contributed by atoms with E-state index in [4.69, 9.17) is 0 Å². The predicted molar refractivity (Wildman–Crippen MR) is 67.1 cm³/mol. The van der Waals surface area contributed by atoms with Crippen LogP contribution >= 0.6 is 0 Å². The number of fused-ring (bicyclic) bond motifs is 1. The van der Waals surface area contributed by atoms with E-state index in [1.807, 2.05) is 12.1 Å². The van der Waals surface area contributed by atoms with Crippen LogP contribution in [0.15, 0.2) is 43.0 Å². The number of carbonyl (C=O) groups excluding carboxylic acids is 1. The van der Waals surface area contributed by atoms with Crippen molar-refractivity contribution in [2.24, 2.45) is 0 Å². The van der Waals surface area contributed by atoms with E-state index in [1.54, 1.807) is 12.4 Å². The number of benzene rings is 1. The van der Waals surface area contributed by atoms with Crippen LogP contribution < -0.4 is 5.32 Å². The number of nitrogens with one attached hydrogen (secondary N) is 1. The minimum atomic E-state index is -0.175. The molecule has 1 N–H and O–H groups in total. The van der Waals surface area contributed by atoms with E-state index in [9.17, 15) is 4.79 Å². The Bertz CT molecular complexity index is 568. The maximum Gasteiger partial charge on any atom is 0.183 e. The maximum absolute atomic E-state index is 12.3. The van der Waals surface area contributed by atoms with Gasteiger partial charge in [0, 0.05) is 18.9 Å². The summed E-state index contributed by atoms with van der Waals surface area (Å²) in [7, 11) is 0. The first kappa shape index (κ1) is 11.0. The van der Waals surface area contributed by atoms with E-state index < -0.39 is 0 Å². The van der Waals surface area contributed by atoms with Crippen LogP contribution in [0.1, 0.15) is 21.5 Å². The molecule has 90 valence electrons. The van der Waals surface area contributed by atoms with Crippen LogP contribution in [-0.2, 0) is 13.0 Å². The van der Waals surface area contributed by atoms with Crippen molar-refractivity contribution >= 4 is 5.78 Å². The minimum absolute atomic E-state index is 0.0603. The van der Waals surface area contributed by atoms with Crippen molar-refractivity contribution in [1.29, 1.82) is 0 Å². The standard InChI is InChI=1S/C14H13N3O/c18-14(12-6-15-9-16-7-12)13-5-10-3-1-2-4-11(10)8-17-13/h1-4,6-7,9,13,17H,5,8H2. The molecular weight excluding hydrogens is 226 g/mol. The molecule has 1 aliphatic heterocycles. The van der Waals surface area contributed by atoms with E-state index >= 15 is 0 Å². The molecule has 1 unspecified atom stereocenters. The van der Waals surface area contributed by atoms with Crippen LogP contribution in [0.4, 0.5) is 0 Å². The van der Waals surface area contributed by atoms with Gasteiger partial charge in [0.05, 0.1) is 11.6 Å². The van der Waals surface area contributed by atoms with Gasteiger partial charge >= 0.3 is 0 Å². The number of ketones is 1. The van der Waals surface area contributed by atoms with E-state index in [-0.39, 0.29) is 11.8 Å². The number of hydrogen-bond donors (Lipinski definition) is 1. The van der Waals surface area contributed by atoms with Crippen LogP contribution in [0.2, 0.25) is 0 Å². The van der Waals surface area contributed by atoms with Crippen molar-refractivity contribution < 1.29 is 4.79 Å². The molecule has 0 saturated heterocycles. The van der Waals surface area contributed by atoms with Gasteiger partial charge in [-0.2, -0.15) is 0 Å². The van der Waals surface area contributed by atoms with Crippen molar-refractivity contribution in [1.82, 2.24) is 15.3 Å². The van der Waals surface area contributed by atoms with Gasteiger partial charge in [-0.1, -0.05) is 24.3 Å². The molecule has 1 aromatic carbocycles. The highest BCUT2D eigenvalue weighted by Gasteiger charge is 2.24.